The number of aromatic nitrogens is 2. The molecule has 25 N–H and O–H groups in total. The predicted molar refractivity (Wildman–Crippen MR) is 427 cm³/mol. The second kappa shape index (κ2) is 50.3. The van der Waals surface area contributed by atoms with Crippen molar-refractivity contribution in [2.45, 2.75) is 106 Å². The number of rotatable bonds is 27. The molecule has 0 aliphatic heterocycles. The zero-order valence-electron chi connectivity index (χ0n) is 62.7. The molecular formula is C83H88F6N10O18S. The van der Waals surface area contributed by atoms with Crippen molar-refractivity contribution in [2.24, 2.45) is 45.9 Å². The molecule has 2 aromatic heterocycles. The van der Waals surface area contributed by atoms with E-state index in [1.54, 1.807) is 47.4 Å². The third kappa shape index (κ3) is 35.3. The molecule has 0 radical (unpaired) electrons. The largest absolute Gasteiger partial charge is 0.508 e. The number of halogens is 6. The van der Waals surface area contributed by atoms with Crippen LogP contribution in [0.25, 0.3) is 21.5 Å². The number of thiazole rings is 1. The van der Waals surface area contributed by atoms with E-state index < -0.39 is 137 Å². The molecule has 0 amide bonds. The Morgan fingerprint density at radius 3 is 1.19 bits per heavy atom. The van der Waals surface area contributed by atoms with Crippen LogP contribution in [0.5, 0.6) is 11.5 Å². The first-order valence-corrected chi connectivity index (χ1v) is 36.2. The van der Waals surface area contributed by atoms with Crippen molar-refractivity contribution >= 4 is 80.6 Å². The Kier molecular flexibility index (Phi) is 41.5. The summed E-state index contributed by atoms with van der Waals surface area (Å²) in [5.41, 5.74) is 50.0. The van der Waals surface area contributed by atoms with Crippen molar-refractivity contribution in [3.63, 3.8) is 0 Å². The zero-order valence-corrected chi connectivity index (χ0v) is 63.5. The summed E-state index contributed by atoms with van der Waals surface area (Å²) in [5.74, 6) is -18.7. The van der Waals surface area contributed by atoms with Crippen molar-refractivity contribution < 1.29 is 115 Å². The smallest absolute Gasteiger partial charge is 0.320 e. The van der Waals surface area contributed by atoms with Gasteiger partial charge >= 0.3 is 47.8 Å². The quantitative estimate of drug-likeness (QED) is 0.0130. The molecule has 35 heteroatoms. The zero-order chi connectivity index (χ0) is 87.7. The summed E-state index contributed by atoms with van der Waals surface area (Å²) in [5, 5.41) is 83.8. The van der Waals surface area contributed by atoms with Gasteiger partial charge in [0.1, 0.15) is 72.3 Å². The van der Waals surface area contributed by atoms with Gasteiger partial charge in [0.25, 0.3) is 0 Å². The fourth-order valence-electron chi connectivity index (χ4n) is 9.86. The summed E-state index contributed by atoms with van der Waals surface area (Å²) in [6.07, 6.45) is 2.72. The number of hydrogen-bond acceptors (Lipinski definition) is 21. The summed E-state index contributed by atoms with van der Waals surface area (Å²) >= 11 is 1.43. The number of nitrogens with zero attached hydrogens (tertiary/aromatic N) is 2. The predicted octanol–water partition coefficient (Wildman–Crippen LogP) is 8.41. The third-order valence-electron chi connectivity index (χ3n) is 16.3. The highest BCUT2D eigenvalue weighted by Gasteiger charge is 2.28. The van der Waals surface area contributed by atoms with Crippen molar-refractivity contribution in [1.82, 2.24) is 9.97 Å². The first-order valence-electron chi connectivity index (χ1n) is 35.2. The van der Waals surface area contributed by atoms with Gasteiger partial charge in [-0.05, 0) is 136 Å². The van der Waals surface area contributed by atoms with Crippen LogP contribution in [0.4, 0.5) is 26.3 Å². The minimum Gasteiger partial charge on any atom is -0.508 e. The summed E-state index contributed by atoms with van der Waals surface area (Å²) in [6.45, 7) is 0.509. The monoisotopic (exact) mass is 1660 g/mol. The molecule has 118 heavy (non-hydrogen) atoms. The summed E-state index contributed by atoms with van der Waals surface area (Å²) in [7, 11) is 0. The number of aromatic hydroxyl groups is 1. The molecule has 0 unspecified atom stereocenters. The average Bonchev–Trinajstić information content (AvgIpc) is 0.821. The van der Waals surface area contributed by atoms with Crippen LogP contribution in [0, 0.1) is 34.9 Å². The highest BCUT2D eigenvalue weighted by molar-refractivity contribution is 7.07. The van der Waals surface area contributed by atoms with Gasteiger partial charge < -0.3 is 96.6 Å². The van der Waals surface area contributed by atoms with Crippen LogP contribution in [-0.4, -0.2) is 152 Å². The Balaban J connectivity index is 0.000000285. The average molecular weight is 1660 g/mol. The molecular weight excluding hydrogens is 1570 g/mol. The SMILES string of the molecule is N[C@@H](Cc1c(F)c(F)c(F)c(F)c1F)C(=O)O.N[C@@H](Cc1ccc(F)cc1)C(=O)O.N[C@@H](Cc1ccc(O)cc1)C(=O)O.N[C@@H](Cc1ccc(OCc2ccccc2)cc1)C(=O)O.N[C@@H](Cc1ccc2ccccc2c1)C(=O)O.N[C@@H](Cc1cccc2ccccc12)C(=O)O.N[C@@H](Cc1ccccn1)C(=O)O.N[C@@H](Cc1cscn1)C(=O)O. The first-order chi connectivity index (χ1) is 55.8. The molecule has 0 bridgehead atoms. The molecule has 0 saturated carbocycles. The molecule has 9 aromatic carbocycles. The van der Waals surface area contributed by atoms with Crippen LogP contribution in [0.3, 0.4) is 0 Å². The number of fused-ring (bicyclic) bond motifs is 2. The van der Waals surface area contributed by atoms with Crippen molar-refractivity contribution in [3.05, 3.63) is 309 Å². The highest BCUT2D eigenvalue weighted by atomic mass is 32.1. The minimum absolute atomic E-state index is 0.160. The number of ether oxygens (including phenoxy) is 1. The Morgan fingerprint density at radius 1 is 0.339 bits per heavy atom. The van der Waals surface area contributed by atoms with E-state index in [9.17, 15) is 64.7 Å². The number of pyridine rings is 1. The maximum Gasteiger partial charge on any atom is 0.320 e. The lowest BCUT2D eigenvalue weighted by Crippen LogP contribution is -2.33. The molecule has 28 nitrogen and oxygen atoms in total. The topological polar surface area (TPSA) is 562 Å². The second-order valence-corrected chi connectivity index (χ2v) is 26.3. The first kappa shape index (κ1) is 97.3. The number of hydrogen-bond donors (Lipinski definition) is 17. The Bertz CT molecular complexity index is 4920. The van der Waals surface area contributed by atoms with E-state index >= 15 is 0 Å². The van der Waals surface area contributed by atoms with Gasteiger partial charge in [0.15, 0.2) is 23.3 Å². The van der Waals surface area contributed by atoms with Crippen molar-refractivity contribution in [3.8, 4) is 11.5 Å². The van der Waals surface area contributed by atoms with E-state index in [1.165, 1.54) is 47.7 Å². The van der Waals surface area contributed by atoms with Gasteiger partial charge in [-0.1, -0.05) is 158 Å². The normalized spacial score (nSPS) is 12.4. The summed E-state index contributed by atoms with van der Waals surface area (Å²) in [4.78, 5) is 91.6. The van der Waals surface area contributed by atoms with Crippen LogP contribution in [0.1, 0.15) is 50.3 Å². The van der Waals surface area contributed by atoms with E-state index in [0.717, 1.165) is 66.4 Å². The van der Waals surface area contributed by atoms with Gasteiger partial charge in [-0.3, -0.25) is 43.3 Å². The standard InChI is InChI=1S/C16H17NO3.2C13H13NO2.C9H6F5NO2.C9H10FNO2.C9H11NO3.C8H10N2O2.C6H8N2O2S/c17-15(16(18)19)10-12-6-8-14(9-7-12)20-11-13-4-2-1-3-5-13;14-12(13(15)16)8-10-6-3-5-9-4-1-2-7-11(9)10;14-12(13(15)16)8-9-5-6-10-3-1-2-4-11(10)7-9;10-4-2(1-3(15)9(16)17)5(11)7(13)8(14)6(4)12;10-7-3-1-6(2-4-7)5-8(11)9(12)13;10-8(9(12)13)5-6-1-3-7(11)4-2-6;9-7(8(11)12)5-6-3-1-2-4-10-6;7-5(6(9)10)1-4-2-11-3-8-4/h1-9,15H,10-11,17H2,(H,18,19);2*1-7,12H,8,14H2,(H,15,16);3H,1,15H2,(H,16,17);1-4,8H,5,11H2,(H,12,13);1-4,8,11H,5,10H2,(H,12,13);1-4,7H,5,9H2,(H,11,12);2-3,5H,1,7H2,(H,9,10)/t15-;2*12-;3-;2*8-;7-;5-/m00000000/s1. The molecule has 11 rings (SSSR count). The molecule has 2 heterocycles. The van der Waals surface area contributed by atoms with Crippen LogP contribution in [0.2, 0.25) is 0 Å². The molecule has 0 aliphatic carbocycles. The number of phenolic OH excluding ortho intramolecular Hbond substituents is 1. The number of carbonyl (C=O) groups is 8. The molecule has 0 fully saturated rings. The second-order valence-electron chi connectivity index (χ2n) is 25.6. The van der Waals surface area contributed by atoms with Gasteiger partial charge in [-0.2, -0.15) is 0 Å². The minimum atomic E-state index is -2.30. The van der Waals surface area contributed by atoms with Crippen LogP contribution in [-0.2, 0) is 96.3 Å². The lowest BCUT2D eigenvalue weighted by molar-refractivity contribution is -0.139. The lowest BCUT2D eigenvalue weighted by atomic mass is 9.99. The molecule has 626 valence electrons. The Labute approximate surface area is 675 Å². The van der Waals surface area contributed by atoms with E-state index in [2.05, 4.69) is 9.97 Å². The summed E-state index contributed by atoms with van der Waals surface area (Å²) in [6, 6.07) is 54.3. The number of nitrogens with two attached hydrogens (primary N) is 8. The molecule has 11 aromatic rings. The number of benzene rings is 9. The van der Waals surface area contributed by atoms with E-state index in [1.807, 2.05) is 140 Å². The van der Waals surface area contributed by atoms with E-state index in [-0.39, 0.29) is 30.8 Å². The fourth-order valence-corrected chi connectivity index (χ4v) is 10.4. The third-order valence-corrected chi connectivity index (χ3v) is 16.9. The Hall–Kier alpha value is -13.1. The van der Waals surface area contributed by atoms with Gasteiger partial charge in [0, 0.05) is 42.1 Å². The van der Waals surface area contributed by atoms with Crippen molar-refractivity contribution in [2.75, 3.05) is 0 Å². The summed E-state index contributed by atoms with van der Waals surface area (Å²) < 4.78 is 82.2. The maximum absolute atomic E-state index is 13.1. The van der Waals surface area contributed by atoms with Crippen LogP contribution < -0.4 is 50.6 Å². The maximum atomic E-state index is 13.1. The number of aliphatic carboxylic acids is 8. The van der Waals surface area contributed by atoms with Crippen molar-refractivity contribution in [1.29, 1.82) is 0 Å². The van der Waals surface area contributed by atoms with E-state index in [4.69, 9.17) is 96.6 Å². The molecule has 0 spiro atoms. The van der Waals surface area contributed by atoms with E-state index in [0.29, 0.717) is 38.0 Å². The number of carboxylic acids is 8. The highest BCUT2D eigenvalue weighted by Crippen LogP contribution is 2.25. The number of phenols is 1. The number of carboxylic acid groups (broad SMARTS) is 8. The van der Waals surface area contributed by atoms with Gasteiger partial charge in [-0.15, -0.1) is 11.3 Å². The van der Waals surface area contributed by atoms with Gasteiger partial charge in [-0.25, -0.2) is 31.3 Å². The Morgan fingerprint density at radius 2 is 0.720 bits per heavy atom. The van der Waals surface area contributed by atoms with Gasteiger partial charge in [0.05, 0.1) is 11.2 Å². The van der Waals surface area contributed by atoms with Gasteiger partial charge in [0.2, 0.25) is 5.82 Å². The molecule has 0 aliphatic rings. The van der Waals surface area contributed by atoms with Crippen LogP contribution >= 0.6 is 11.3 Å². The van der Waals surface area contributed by atoms with Crippen LogP contribution in [0.15, 0.2) is 223 Å². The lowest BCUT2D eigenvalue weighted by Gasteiger charge is -2.10. The molecule has 0 saturated heterocycles. The molecule has 8 atom stereocenters. The fraction of sp³-hybridized carbons (Fsp3) is 0.205.